The van der Waals surface area contributed by atoms with Gasteiger partial charge in [0.1, 0.15) is 31.3 Å². The Hall–Kier alpha value is -4.74. The molecule has 3 heterocycles. The molecule has 0 aliphatic carbocycles. The zero-order chi connectivity index (χ0) is 45.5. The number of hydrogen-bond donors (Lipinski definition) is 9. The van der Waals surface area contributed by atoms with Crippen LogP contribution in [-0.2, 0) is 50.6 Å². The van der Waals surface area contributed by atoms with Crippen molar-refractivity contribution in [3.05, 3.63) is 62.4 Å². The van der Waals surface area contributed by atoms with Crippen LogP contribution in [-0.4, -0.2) is 131 Å². The van der Waals surface area contributed by atoms with Gasteiger partial charge in [0.2, 0.25) is 11.9 Å². The summed E-state index contributed by atoms with van der Waals surface area (Å²) in [5.41, 5.74) is 14.6. The summed E-state index contributed by atoms with van der Waals surface area (Å²) < 4.78 is 76.2. The number of phosphoric ester groups is 1. The summed E-state index contributed by atoms with van der Waals surface area (Å²) in [6, 6.07) is 6.41. The van der Waals surface area contributed by atoms with Crippen molar-refractivity contribution in [1.82, 2.24) is 30.5 Å². The Morgan fingerprint density at radius 3 is 2.65 bits per heavy atom. The number of anilines is 1. The Morgan fingerprint density at radius 1 is 1.16 bits per heavy atom. The number of hydrogen-bond acceptors (Lipinski definition) is 18. The molecule has 0 saturated carbocycles. The monoisotopic (exact) mass is 936 g/mol. The Kier molecular flexibility index (Phi) is 18.6. The molecule has 3 aromatic rings. The topological polar surface area (TPSA) is 402 Å². The maximum atomic E-state index is 13.0. The number of rotatable bonds is 24. The molecule has 340 valence electrons. The van der Waals surface area contributed by atoms with Gasteiger partial charge in [0.15, 0.2) is 11.9 Å². The van der Waals surface area contributed by atoms with Crippen molar-refractivity contribution in [2.24, 2.45) is 5.11 Å². The maximum absolute atomic E-state index is 13.0. The van der Waals surface area contributed by atoms with Crippen molar-refractivity contribution < 1.29 is 79.7 Å². The number of H-pyrrole nitrogens is 1. The van der Waals surface area contributed by atoms with Crippen LogP contribution in [0.5, 0.6) is 5.75 Å². The molecule has 3 unspecified atom stereocenters. The van der Waals surface area contributed by atoms with Crippen LogP contribution in [0.15, 0.2) is 40.4 Å². The quantitative estimate of drug-likeness (QED) is 0.0144. The van der Waals surface area contributed by atoms with E-state index in [1.54, 1.807) is 25.2 Å². The van der Waals surface area contributed by atoms with Gasteiger partial charge in [0.05, 0.1) is 43.4 Å². The average molecular weight is 937 g/mol. The highest BCUT2D eigenvalue weighted by Gasteiger charge is 2.43. The molecule has 2 amide bonds. The van der Waals surface area contributed by atoms with Crippen molar-refractivity contribution in [3.8, 4) is 17.6 Å². The first-order valence-corrected chi connectivity index (χ1v) is 22.4. The second kappa shape index (κ2) is 23.1. The number of azide groups is 1. The first kappa shape index (κ1) is 49.9. The molecule has 1 aromatic carbocycles. The van der Waals surface area contributed by atoms with Crippen LogP contribution in [0.2, 0.25) is 0 Å². The summed E-state index contributed by atoms with van der Waals surface area (Å²) in [7, 11) is -13.8. The van der Waals surface area contributed by atoms with Crippen LogP contribution in [0.1, 0.15) is 28.6 Å². The number of aromatic nitrogens is 3. The highest BCUT2D eigenvalue weighted by Crippen LogP contribution is 2.66. The van der Waals surface area contributed by atoms with E-state index in [0.717, 1.165) is 0 Å². The second-order valence-electron chi connectivity index (χ2n) is 12.5. The van der Waals surface area contributed by atoms with Gasteiger partial charge in [-0.2, -0.15) is 13.6 Å². The van der Waals surface area contributed by atoms with E-state index in [1.165, 1.54) is 23.9 Å². The molecule has 0 bridgehead atoms. The minimum Gasteiger partial charge on any atom is -0.491 e. The maximum Gasteiger partial charge on any atom is 0.490 e. The zero-order valence-corrected chi connectivity index (χ0v) is 35.4. The summed E-state index contributed by atoms with van der Waals surface area (Å²) >= 11 is 0. The van der Waals surface area contributed by atoms with Crippen molar-refractivity contribution in [2.45, 2.75) is 31.1 Å². The molecule has 28 nitrogen and oxygen atoms in total. The number of carbonyl (C=O) groups is 2. The lowest BCUT2D eigenvalue weighted by molar-refractivity contribution is -0.126. The Bertz CT molecular complexity index is 2360. The molecule has 1 fully saturated rings. The fourth-order valence-corrected chi connectivity index (χ4v) is 8.47. The van der Waals surface area contributed by atoms with Crippen molar-refractivity contribution in [1.29, 1.82) is 0 Å². The molecule has 0 radical (unpaired) electrons. The van der Waals surface area contributed by atoms with Gasteiger partial charge in [-0.1, -0.05) is 23.0 Å². The summed E-state index contributed by atoms with van der Waals surface area (Å²) in [6.07, 6.45) is -2.61. The third kappa shape index (κ3) is 15.9. The number of nitrogen functional groups attached to an aromatic ring is 1. The molecule has 1 aliphatic rings. The lowest BCUT2D eigenvalue weighted by Crippen LogP contribution is -2.30. The molecule has 1 saturated heterocycles. The van der Waals surface area contributed by atoms with E-state index >= 15 is 0 Å². The standard InChI is InChI=1S/C31H43N10O18P3/c1-34-9-10-36-29(43)19-5-3-7-21(13-19)55-18-25(39-40-33)54-12-11-53-17-24(42)35-8-4-6-20-15-41(28-27(20)30(44)38-31(32)37-28)26-14-22(52-2)23(57-26)16-56-61(48,49)59-62(50,51)58-60(45,46)47/h3,5,7,13,15,22-23,25-26,34H,8-12,14,16-18H2,1-2H3,(H,35,42)(H,36,43)(H,48,49)(H,50,51)(H2,45,46,47)(H3,32,37,38,44)/t22-,23-,25?,26-/m1/s1. The van der Waals surface area contributed by atoms with Gasteiger partial charge in [0.25, 0.3) is 11.5 Å². The second-order valence-corrected chi connectivity index (χ2v) is 16.9. The Labute approximate surface area is 350 Å². The molecule has 2 aromatic heterocycles. The number of aromatic amines is 1. The number of ether oxygens (including phenoxy) is 5. The first-order chi connectivity index (χ1) is 29.3. The van der Waals surface area contributed by atoms with E-state index < -0.39 is 66.2 Å². The fourth-order valence-electron chi connectivity index (χ4n) is 5.44. The predicted molar refractivity (Wildman–Crippen MR) is 212 cm³/mol. The number of phosphoric acid groups is 3. The van der Waals surface area contributed by atoms with Gasteiger partial charge in [-0.25, -0.2) is 13.7 Å². The normalized spacial score (nSPS) is 18.7. The summed E-state index contributed by atoms with van der Waals surface area (Å²) in [4.78, 5) is 83.7. The van der Waals surface area contributed by atoms with Crippen LogP contribution in [0.4, 0.5) is 5.95 Å². The minimum atomic E-state index is -5.76. The minimum absolute atomic E-state index is 0.00300. The van der Waals surface area contributed by atoms with Gasteiger partial charge in [-0.3, -0.25) is 23.9 Å². The Morgan fingerprint density at radius 2 is 1.94 bits per heavy atom. The molecule has 31 heteroatoms. The average Bonchev–Trinajstić information content (AvgIpc) is 3.77. The third-order valence-electron chi connectivity index (χ3n) is 8.01. The number of nitrogens with one attached hydrogen (secondary N) is 4. The number of nitrogens with two attached hydrogens (primary N) is 1. The smallest absolute Gasteiger partial charge is 0.490 e. The van der Waals surface area contributed by atoms with Crippen molar-refractivity contribution in [3.63, 3.8) is 0 Å². The van der Waals surface area contributed by atoms with Crippen molar-refractivity contribution in [2.75, 3.05) is 72.6 Å². The summed E-state index contributed by atoms with van der Waals surface area (Å²) in [5, 5.41) is 11.7. The van der Waals surface area contributed by atoms with Crippen LogP contribution < -0.4 is 32.0 Å². The van der Waals surface area contributed by atoms with E-state index in [4.69, 9.17) is 49.3 Å². The number of fused-ring (bicyclic) bond motifs is 1. The van der Waals surface area contributed by atoms with E-state index in [1.807, 2.05) is 0 Å². The van der Waals surface area contributed by atoms with Gasteiger partial charge >= 0.3 is 23.5 Å². The van der Waals surface area contributed by atoms with Gasteiger partial charge in [-0.15, -0.1) is 0 Å². The van der Waals surface area contributed by atoms with Crippen molar-refractivity contribution >= 4 is 52.3 Å². The highest BCUT2D eigenvalue weighted by atomic mass is 31.3. The lowest BCUT2D eigenvalue weighted by atomic mass is 10.2. The number of likely N-dealkylation sites (N-methyl/N-ethyl adjacent to an activating group) is 1. The number of carbonyl (C=O) groups excluding carboxylic acids is 2. The zero-order valence-electron chi connectivity index (χ0n) is 32.7. The molecule has 0 spiro atoms. The Balaban J connectivity index is 1.28. The van der Waals surface area contributed by atoms with Gasteiger partial charge in [-0.05, 0) is 30.8 Å². The third-order valence-corrected chi connectivity index (χ3v) is 11.8. The number of amides is 2. The van der Waals surface area contributed by atoms with Gasteiger partial charge in [0, 0.05) is 43.3 Å². The largest absolute Gasteiger partial charge is 0.491 e. The van der Waals surface area contributed by atoms with Crippen LogP contribution >= 0.6 is 23.5 Å². The summed E-state index contributed by atoms with van der Waals surface area (Å²) in [5.74, 6) is 4.74. The number of nitrogens with zero attached hydrogens (tertiary/aromatic N) is 5. The van der Waals surface area contributed by atoms with E-state index in [9.17, 15) is 37.9 Å². The molecule has 4 rings (SSSR count). The van der Waals surface area contributed by atoms with E-state index in [0.29, 0.717) is 24.4 Å². The molecular weight excluding hydrogens is 893 g/mol. The van der Waals surface area contributed by atoms with Crippen LogP contribution in [0.3, 0.4) is 0 Å². The summed E-state index contributed by atoms with van der Waals surface area (Å²) in [6.45, 7) is -0.661. The molecular formula is C31H43N10O18P3. The van der Waals surface area contributed by atoms with Gasteiger partial charge < -0.3 is 69.5 Å². The molecule has 10 N–H and O–H groups in total. The molecule has 62 heavy (non-hydrogen) atoms. The molecule has 1 aliphatic heterocycles. The predicted octanol–water partition coefficient (Wildman–Crippen LogP) is 0.118. The van der Waals surface area contributed by atoms with Crippen LogP contribution in [0, 0.1) is 11.8 Å². The lowest BCUT2D eigenvalue weighted by Gasteiger charge is -2.20. The number of methoxy groups -OCH3 is 1. The SMILES string of the molecule is CNCCNC(=O)c1cccc(OCC(N=[N+]=[N-])OCCOCC(=O)NCC#Cc2cn([C@H]3C[C@@H](OC)[C@@H](COP(=O)(O)OP(=O)(O)OP(=O)(O)O)O3)c3nc(N)[nH]c(=O)c23)c1. The highest BCUT2D eigenvalue weighted by molar-refractivity contribution is 7.66. The van der Waals surface area contributed by atoms with E-state index in [2.05, 4.69) is 56.4 Å². The fraction of sp³-hybridized carbons (Fsp3) is 0.484. The van der Waals surface area contributed by atoms with Crippen LogP contribution in [0.25, 0.3) is 21.5 Å². The molecule has 6 atom stereocenters. The number of benzene rings is 1. The van der Waals surface area contributed by atoms with E-state index in [-0.39, 0.29) is 67.8 Å². The first-order valence-electron chi connectivity index (χ1n) is 17.8.